The summed E-state index contributed by atoms with van der Waals surface area (Å²) in [6.07, 6.45) is 6.68. The van der Waals surface area contributed by atoms with Crippen LogP contribution in [0.4, 0.5) is 10.2 Å². The zero-order valence-corrected chi connectivity index (χ0v) is 29.5. The number of carboxylic acid groups (broad SMARTS) is 1. The number of imidazole rings is 1. The van der Waals surface area contributed by atoms with Crippen LogP contribution in [0.1, 0.15) is 89.5 Å². The number of ether oxygens (including phenoxy) is 3. The van der Waals surface area contributed by atoms with Crippen LogP contribution in [0, 0.1) is 12.7 Å². The molecular formula is C40H48FN3O5. The number of carbonyl (C=O) groups is 1. The molecule has 7 rings (SSSR count). The van der Waals surface area contributed by atoms with E-state index in [1.807, 2.05) is 62.6 Å². The zero-order chi connectivity index (χ0) is 35.1. The van der Waals surface area contributed by atoms with Gasteiger partial charge in [-0.1, -0.05) is 30.9 Å². The van der Waals surface area contributed by atoms with Gasteiger partial charge in [-0.05, 0) is 109 Å². The van der Waals surface area contributed by atoms with Gasteiger partial charge in [0.2, 0.25) is 0 Å². The molecule has 5 heterocycles. The first-order chi connectivity index (χ1) is 23.3. The molecule has 3 aliphatic heterocycles. The predicted octanol–water partition coefficient (Wildman–Crippen LogP) is 9.03. The highest BCUT2D eigenvalue weighted by Gasteiger charge is 2.38. The van der Waals surface area contributed by atoms with Crippen molar-refractivity contribution >= 4 is 23.5 Å². The maximum atomic E-state index is 14.7. The Morgan fingerprint density at radius 2 is 1.90 bits per heavy atom. The van der Waals surface area contributed by atoms with E-state index in [1.165, 1.54) is 12.1 Å². The summed E-state index contributed by atoms with van der Waals surface area (Å²) < 4.78 is 35.9. The van der Waals surface area contributed by atoms with Crippen molar-refractivity contribution in [1.29, 1.82) is 0 Å². The van der Waals surface area contributed by atoms with Crippen LogP contribution in [-0.2, 0) is 14.3 Å². The first kappa shape index (κ1) is 34.6. The fourth-order valence-electron chi connectivity index (χ4n) is 7.09. The van der Waals surface area contributed by atoms with E-state index in [1.54, 1.807) is 12.1 Å². The second-order valence-electron chi connectivity index (χ2n) is 14.7. The summed E-state index contributed by atoms with van der Waals surface area (Å²) in [5, 5.41) is 10.6. The maximum absolute atomic E-state index is 14.7. The minimum absolute atomic E-state index is 0.0553. The quantitative estimate of drug-likeness (QED) is 0.232. The lowest BCUT2D eigenvalue weighted by atomic mass is 9.91. The molecule has 2 unspecified atom stereocenters. The number of pyridine rings is 1. The Labute approximate surface area is 288 Å². The molecule has 1 fully saturated rings. The Hall–Kier alpha value is -4.21. The Morgan fingerprint density at radius 3 is 2.59 bits per heavy atom. The van der Waals surface area contributed by atoms with E-state index >= 15 is 0 Å². The van der Waals surface area contributed by atoms with Crippen LogP contribution >= 0.6 is 0 Å². The topological polar surface area (TPSA) is 85.5 Å². The van der Waals surface area contributed by atoms with Gasteiger partial charge < -0.3 is 24.2 Å². The summed E-state index contributed by atoms with van der Waals surface area (Å²) in [5.74, 6) is -0.0305. The van der Waals surface area contributed by atoms with Gasteiger partial charge in [0, 0.05) is 48.1 Å². The number of carboxylic acids is 1. The van der Waals surface area contributed by atoms with Crippen LogP contribution in [-0.4, -0.2) is 57.5 Å². The van der Waals surface area contributed by atoms with Crippen LogP contribution in [0.15, 0.2) is 55.2 Å². The molecule has 260 valence electrons. The van der Waals surface area contributed by atoms with Crippen LogP contribution in [0.25, 0.3) is 34.1 Å². The lowest BCUT2D eigenvalue weighted by molar-refractivity contribution is -0.160. The summed E-state index contributed by atoms with van der Waals surface area (Å²) in [5.41, 5.74) is 4.74. The molecular weight excluding hydrogens is 621 g/mol. The smallest absolute Gasteiger partial charge is 0.337 e. The van der Waals surface area contributed by atoms with Crippen molar-refractivity contribution in [3.05, 3.63) is 77.7 Å². The number of rotatable bonds is 4. The van der Waals surface area contributed by atoms with Gasteiger partial charge >= 0.3 is 5.97 Å². The van der Waals surface area contributed by atoms with Gasteiger partial charge in [-0.3, -0.25) is 4.40 Å². The summed E-state index contributed by atoms with van der Waals surface area (Å²) >= 11 is 0. The minimum atomic E-state index is -1.23. The van der Waals surface area contributed by atoms with E-state index in [2.05, 4.69) is 25.3 Å². The second-order valence-corrected chi connectivity index (χ2v) is 14.7. The molecule has 2 atom stereocenters. The van der Waals surface area contributed by atoms with Gasteiger partial charge in [0.05, 0.1) is 23.0 Å². The largest absolute Gasteiger partial charge is 0.490 e. The second kappa shape index (κ2) is 13.6. The van der Waals surface area contributed by atoms with Crippen molar-refractivity contribution in [2.24, 2.45) is 0 Å². The summed E-state index contributed by atoms with van der Waals surface area (Å²) in [6, 6.07) is 12.5. The Morgan fingerprint density at radius 1 is 1.16 bits per heavy atom. The molecule has 2 aromatic carbocycles. The molecule has 8 nitrogen and oxygen atoms in total. The third kappa shape index (κ3) is 7.24. The van der Waals surface area contributed by atoms with Gasteiger partial charge in [-0.25, -0.2) is 14.2 Å². The summed E-state index contributed by atoms with van der Waals surface area (Å²) in [6.45, 7) is 17.9. The molecule has 9 heteroatoms. The summed E-state index contributed by atoms with van der Waals surface area (Å²) in [4.78, 5) is 20.4. The number of fused-ring (bicyclic) bond motifs is 8. The molecule has 0 amide bonds. The molecule has 3 aliphatic rings. The Balaban J connectivity index is 1.59. The van der Waals surface area contributed by atoms with Gasteiger partial charge in [-0.2, -0.15) is 0 Å². The van der Waals surface area contributed by atoms with E-state index in [-0.39, 0.29) is 17.5 Å². The lowest BCUT2D eigenvalue weighted by Gasteiger charge is -2.42. The van der Waals surface area contributed by atoms with Crippen molar-refractivity contribution < 1.29 is 28.5 Å². The van der Waals surface area contributed by atoms with Crippen molar-refractivity contribution in [3.8, 4) is 28.1 Å². The molecule has 1 saturated heterocycles. The van der Waals surface area contributed by atoms with Gasteiger partial charge in [0.15, 0.2) is 6.10 Å². The molecule has 0 saturated carbocycles. The molecule has 0 spiro atoms. The van der Waals surface area contributed by atoms with Crippen LogP contribution < -0.4 is 9.64 Å². The normalized spacial score (nSPS) is 20.9. The van der Waals surface area contributed by atoms with E-state index in [4.69, 9.17) is 19.2 Å². The number of benzene rings is 2. The van der Waals surface area contributed by atoms with Crippen molar-refractivity contribution in [2.45, 2.75) is 97.1 Å². The number of piperidine rings is 1. The standard InChI is InChI=1S/C40H48FN3O5/c1-8-30-26(3)34(35(38(45)46)49-39(4,5)6)37-43-19-17-40(7,18-20-43)47-21-10-9-12-25(2)48-33-16-15-29(41)23-31(33)27-13-11-14-28(22-27)32-24-44(37)36(30)42-32/h8,11,13-16,22-25,35H,1,9-10,12,17-21H2,2-7H3,(H,45,46). The van der Waals surface area contributed by atoms with Crippen LogP contribution in [0.5, 0.6) is 5.75 Å². The van der Waals surface area contributed by atoms with Crippen LogP contribution in [0.3, 0.4) is 0 Å². The van der Waals surface area contributed by atoms with E-state index in [0.717, 1.165) is 60.2 Å². The predicted molar refractivity (Wildman–Crippen MR) is 192 cm³/mol. The first-order valence-corrected chi connectivity index (χ1v) is 17.3. The molecule has 0 radical (unpaired) electrons. The lowest BCUT2D eigenvalue weighted by Crippen LogP contribution is -2.45. The zero-order valence-electron chi connectivity index (χ0n) is 29.5. The van der Waals surface area contributed by atoms with Crippen molar-refractivity contribution in [3.63, 3.8) is 0 Å². The molecule has 4 aromatic rings. The third-order valence-corrected chi connectivity index (χ3v) is 9.70. The van der Waals surface area contributed by atoms with Crippen molar-refractivity contribution in [2.75, 3.05) is 24.6 Å². The van der Waals surface area contributed by atoms with Gasteiger partial charge in [0.1, 0.15) is 23.0 Å². The number of aliphatic carboxylic acids is 1. The van der Waals surface area contributed by atoms with Crippen LogP contribution in [0.2, 0.25) is 0 Å². The van der Waals surface area contributed by atoms with Crippen molar-refractivity contribution in [1.82, 2.24) is 9.38 Å². The minimum Gasteiger partial charge on any atom is -0.490 e. The van der Waals surface area contributed by atoms with E-state index in [0.29, 0.717) is 47.9 Å². The molecule has 1 N–H and O–H groups in total. The highest BCUT2D eigenvalue weighted by atomic mass is 19.1. The van der Waals surface area contributed by atoms with Gasteiger partial charge in [-0.15, -0.1) is 0 Å². The fourth-order valence-corrected chi connectivity index (χ4v) is 7.09. The number of hydrogen-bond donors (Lipinski definition) is 1. The average Bonchev–Trinajstić information content (AvgIpc) is 3.48. The van der Waals surface area contributed by atoms with E-state index in [9.17, 15) is 14.3 Å². The number of aromatic nitrogens is 2. The number of halogens is 1. The first-order valence-electron chi connectivity index (χ1n) is 17.3. The Bertz CT molecular complexity index is 1870. The molecule has 49 heavy (non-hydrogen) atoms. The molecule has 0 aliphatic carbocycles. The number of hydrogen-bond acceptors (Lipinski definition) is 6. The van der Waals surface area contributed by atoms with Gasteiger partial charge in [0.25, 0.3) is 0 Å². The average molecular weight is 670 g/mol. The monoisotopic (exact) mass is 669 g/mol. The number of anilines is 1. The maximum Gasteiger partial charge on any atom is 0.337 e. The fraction of sp³-hybridized carbons (Fsp3) is 0.450. The molecule has 2 aromatic heterocycles. The number of nitrogens with zero attached hydrogens (tertiary/aromatic N) is 3. The van der Waals surface area contributed by atoms with E-state index < -0.39 is 17.7 Å². The summed E-state index contributed by atoms with van der Waals surface area (Å²) in [7, 11) is 0. The molecule has 6 bridgehead atoms. The highest BCUT2D eigenvalue weighted by Crippen LogP contribution is 2.42. The SMILES string of the molecule is C=Cc1c(C)c(C(OC(C)(C)C)C(=O)O)c2n3cc(nc13)-c1cccc(c1)-c1cc(F)ccc1OC(C)CCCCOC1(C)CCN2CC1. The third-order valence-electron chi connectivity index (χ3n) is 9.70. The Kier molecular flexibility index (Phi) is 9.61. The highest BCUT2D eigenvalue weighted by molar-refractivity contribution is 5.84.